The second kappa shape index (κ2) is 6.17. The third-order valence-corrected chi connectivity index (χ3v) is 4.11. The molecule has 0 N–H and O–H groups in total. The van der Waals surface area contributed by atoms with Gasteiger partial charge < -0.3 is 4.90 Å². The Hall–Kier alpha value is -3.13. The predicted octanol–water partition coefficient (Wildman–Crippen LogP) is 6.45. The first kappa shape index (κ1) is 14.5. The maximum atomic E-state index is 13.4. The summed E-state index contributed by atoms with van der Waals surface area (Å²) >= 11 is 0. The molecule has 2 heteroatoms. The number of hydrogen-bond donors (Lipinski definition) is 0. The maximum Gasteiger partial charge on any atom is 0.123 e. The van der Waals surface area contributed by atoms with E-state index in [1.54, 1.807) is 0 Å². The van der Waals surface area contributed by atoms with Crippen molar-refractivity contribution in [2.45, 2.75) is 0 Å². The van der Waals surface area contributed by atoms with Crippen LogP contribution in [0.3, 0.4) is 0 Å². The van der Waals surface area contributed by atoms with Crippen molar-refractivity contribution in [3.8, 4) is 0 Å². The molecule has 0 aromatic heterocycles. The molecule has 0 amide bonds. The highest BCUT2D eigenvalue weighted by Gasteiger charge is 2.14. The second-order valence-corrected chi connectivity index (χ2v) is 5.65. The fourth-order valence-corrected chi connectivity index (χ4v) is 3.00. The molecule has 0 bridgehead atoms. The minimum Gasteiger partial charge on any atom is -0.310 e. The van der Waals surface area contributed by atoms with E-state index in [1.807, 2.05) is 42.5 Å². The molecule has 0 atom stereocenters. The Morgan fingerprint density at radius 3 is 1.96 bits per heavy atom. The summed E-state index contributed by atoms with van der Waals surface area (Å²) in [6.07, 6.45) is 0. The molecular weight excluding hydrogens is 297 g/mol. The molecule has 1 nitrogen and oxygen atoms in total. The Morgan fingerprint density at radius 1 is 0.542 bits per heavy atom. The maximum absolute atomic E-state index is 13.4. The summed E-state index contributed by atoms with van der Waals surface area (Å²) in [5, 5.41) is 2.34. The van der Waals surface area contributed by atoms with Crippen LogP contribution in [0.1, 0.15) is 0 Å². The van der Waals surface area contributed by atoms with Gasteiger partial charge in [-0.2, -0.15) is 0 Å². The smallest absolute Gasteiger partial charge is 0.123 e. The SMILES string of the molecule is Fc1ccc(N(c2ccccc2)c2cccc3ccccc23)cc1. The zero-order chi connectivity index (χ0) is 16.4. The number of rotatable bonds is 3. The quantitative estimate of drug-likeness (QED) is 0.420. The van der Waals surface area contributed by atoms with Gasteiger partial charge in [-0.05, 0) is 47.9 Å². The number of fused-ring (bicyclic) bond motifs is 1. The van der Waals surface area contributed by atoms with Crippen LogP contribution < -0.4 is 4.90 Å². The van der Waals surface area contributed by atoms with Gasteiger partial charge in [-0.25, -0.2) is 4.39 Å². The van der Waals surface area contributed by atoms with Crippen LogP contribution in [0.4, 0.5) is 21.5 Å². The van der Waals surface area contributed by atoms with Gasteiger partial charge in [0.05, 0.1) is 5.69 Å². The van der Waals surface area contributed by atoms with E-state index in [0.717, 1.165) is 22.4 Å². The summed E-state index contributed by atoms with van der Waals surface area (Å²) in [5.41, 5.74) is 3.05. The predicted molar refractivity (Wildman–Crippen MR) is 98.6 cm³/mol. The van der Waals surface area contributed by atoms with Gasteiger partial charge in [-0.1, -0.05) is 54.6 Å². The Bertz CT molecular complexity index is 957. The summed E-state index contributed by atoms with van der Waals surface area (Å²) in [4.78, 5) is 2.15. The number of para-hydroxylation sites is 1. The Labute approximate surface area is 140 Å². The minimum absolute atomic E-state index is 0.232. The van der Waals surface area contributed by atoms with Gasteiger partial charge in [0.25, 0.3) is 0 Å². The molecule has 0 aliphatic heterocycles. The first-order chi connectivity index (χ1) is 11.8. The molecule has 116 valence electrons. The Morgan fingerprint density at radius 2 is 1.17 bits per heavy atom. The van der Waals surface area contributed by atoms with E-state index < -0.39 is 0 Å². The highest BCUT2D eigenvalue weighted by Crippen LogP contribution is 2.38. The largest absolute Gasteiger partial charge is 0.310 e. The number of benzene rings is 4. The summed E-state index contributed by atoms with van der Waals surface area (Å²) < 4.78 is 13.4. The highest BCUT2D eigenvalue weighted by atomic mass is 19.1. The van der Waals surface area contributed by atoms with Crippen molar-refractivity contribution in [2.24, 2.45) is 0 Å². The van der Waals surface area contributed by atoms with Crippen molar-refractivity contribution in [1.29, 1.82) is 0 Å². The first-order valence-corrected chi connectivity index (χ1v) is 7.91. The highest BCUT2D eigenvalue weighted by molar-refractivity contribution is 5.98. The van der Waals surface area contributed by atoms with E-state index in [-0.39, 0.29) is 5.82 Å². The molecule has 0 aliphatic carbocycles. The van der Waals surface area contributed by atoms with Gasteiger partial charge in [-0.15, -0.1) is 0 Å². The number of hydrogen-bond acceptors (Lipinski definition) is 1. The Balaban J connectivity index is 1.97. The molecule has 0 saturated heterocycles. The van der Waals surface area contributed by atoms with E-state index in [4.69, 9.17) is 0 Å². The van der Waals surface area contributed by atoms with E-state index in [9.17, 15) is 4.39 Å². The minimum atomic E-state index is -0.232. The van der Waals surface area contributed by atoms with Gasteiger partial charge in [-0.3, -0.25) is 0 Å². The van der Waals surface area contributed by atoms with Gasteiger partial charge in [0.15, 0.2) is 0 Å². The molecule has 4 aromatic rings. The van der Waals surface area contributed by atoms with Crippen LogP contribution in [-0.4, -0.2) is 0 Å². The lowest BCUT2D eigenvalue weighted by Crippen LogP contribution is -2.10. The normalized spacial score (nSPS) is 10.7. The fraction of sp³-hybridized carbons (Fsp3) is 0. The van der Waals surface area contributed by atoms with E-state index >= 15 is 0 Å². The molecular formula is C22H16FN. The van der Waals surface area contributed by atoms with Crippen molar-refractivity contribution >= 4 is 27.8 Å². The monoisotopic (exact) mass is 313 g/mol. The molecule has 0 heterocycles. The fourth-order valence-electron chi connectivity index (χ4n) is 3.00. The lowest BCUT2D eigenvalue weighted by atomic mass is 10.1. The summed E-state index contributed by atoms with van der Waals surface area (Å²) in [7, 11) is 0. The lowest BCUT2D eigenvalue weighted by Gasteiger charge is -2.26. The van der Waals surface area contributed by atoms with Crippen molar-refractivity contribution in [3.63, 3.8) is 0 Å². The van der Waals surface area contributed by atoms with Crippen molar-refractivity contribution in [3.05, 3.63) is 103 Å². The number of anilines is 3. The van der Waals surface area contributed by atoms with Gasteiger partial charge in [0, 0.05) is 16.8 Å². The molecule has 0 spiro atoms. The molecule has 24 heavy (non-hydrogen) atoms. The number of halogens is 1. The van der Waals surface area contributed by atoms with Crippen LogP contribution in [0.25, 0.3) is 10.8 Å². The number of nitrogens with zero attached hydrogens (tertiary/aromatic N) is 1. The molecule has 0 aliphatic rings. The standard InChI is InChI=1S/C22H16FN/c23-18-13-15-20(16-14-18)24(19-9-2-1-3-10-19)22-12-6-8-17-7-4-5-11-21(17)22/h1-16H. The van der Waals surface area contributed by atoms with Crippen molar-refractivity contribution in [2.75, 3.05) is 4.90 Å². The molecule has 4 aromatic carbocycles. The lowest BCUT2D eigenvalue weighted by molar-refractivity contribution is 0.628. The van der Waals surface area contributed by atoms with Crippen LogP contribution in [-0.2, 0) is 0 Å². The van der Waals surface area contributed by atoms with E-state index in [1.165, 1.54) is 17.5 Å². The second-order valence-electron chi connectivity index (χ2n) is 5.65. The van der Waals surface area contributed by atoms with E-state index in [2.05, 4.69) is 47.4 Å². The van der Waals surface area contributed by atoms with Gasteiger partial charge in [0.1, 0.15) is 5.82 Å². The first-order valence-electron chi connectivity index (χ1n) is 7.91. The van der Waals surface area contributed by atoms with Crippen molar-refractivity contribution < 1.29 is 4.39 Å². The summed E-state index contributed by atoms with van der Waals surface area (Å²) in [6.45, 7) is 0. The third kappa shape index (κ3) is 2.63. The van der Waals surface area contributed by atoms with Crippen LogP contribution in [0, 0.1) is 5.82 Å². The van der Waals surface area contributed by atoms with Gasteiger partial charge in [0.2, 0.25) is 0 Å². The van der Waals surface area contributed by atoms with E-state index in [0.29, 0.717) is 0 Å². The van der Waals surface area contributed by atoms with Crippen LogP contribution in [0.2, 0.25) is 0 Å². The molecule has 0 saturated carbocycles. The molecule has 0 unspecified atom stereocenters. The Kier molecular flexibility index (Phi) is 3.72. The van der Waals surface area contributed by atoms with Crippen LogP contribution >= 0.6 is 0 Å². The van der Waals surface area contributed by atoms with Crippen LogP contribution in [0.5, 0.6) is 0 Å². The third-order valence-electron chi connectivity index (χ3n) is 4.11. The van der Waals surface area contributed by atoms with Gasteiger partial charge >= 0.3 is 0 Å². The summed E-state index contributed by atoms with van der Waals surface area (Å²) in [5.74, 6) is -0.232. The molecule has 0 radical (unpaired) electrons. The average molecular weight is 313 g/mol. The zero-order valence-electron chi connectivity index (χ0n) is 13.1. The topological polar surface area (TPSA) is 3.24 Å². The summed E-state index contributed by atoms with van der Waals surface area (Å²) in [6, 6.07) is 31.3. The molecule has 4 rings (SSSR count). The van der Waals surface area contributed by atoms with Crippen LogP contribution in [0.15, 0.2) is 97.1 Å². The average Bonchev–Trinajstić information content (AvgIpc) is 2.65. The molecule has 0 fully saturated rings. The van der Waals surface area contributed by atoms with Crippen molar-refractivity contribution in [1.82, 2.24) is 0 Å². The zero-order valence-corrected chi connectivity index (χ0v) is 13.1.